The van der Waals surface area contributed by atoms with Crippen molar-refractivity contribution in [2.24, 2.45) is 0 Å². The number of hydrogen-bond acceptors (Lipinski definition) is 4. The Hall–Kier alpha value is -6.63. The maximum absolute atomic E-state index is 5.28. The number of benzene rings is 7. The highest BCUT2D eigenvalue weighted by Gasteiger charge is 2.27. The number of hydrogen-bond donors (Lipinski definition) is 0. The van der Waals surface area contributed by atoms with Crippen molar-refractivity contribution < 1.29 is 0 Å². The minimum atomic E-state index is 0.590. The first-order chi connectivity index (χ1) is 25.3. The molecule has 7 aromatic carbocycles. The van der Waals surface area contributed by atoms with Crippen molar-refractivity contribution in [1.82, 2.24) is 24.1 Å². The zero-order valence-corrected chi connectivity index (χ0v) is 28.0. The first-order valence-corrected chi connectivity index (χ1v) is 17.9. The Balaban J connectivity index is 1.41. The van der Waals surface area contributed by atoms with Crippen LogP contribution >= 0.6 is 11.3 Å². The molecular formula is C45H27N5S. The monoisotopic (exact) mass is 669 g/mol. The van der Waals surface area contributed by atoms with Gasteiger partial charge >= 0.3 is 0 Å². The van der Waals surface area contributed by atoms with Gasteiger partial charge in [0.2, 0.25) is 5.95 Å². The van der Waals surface area contributed by atoms with Gasteiger partial charge in [-0.05, 0) is 30.3 Å². The van der Waals surface area contributed by atoms with E-state index in [0.717, 1.165) is 33.2 Å². The lowest BCUT2D eigenvalue weighted by Gasteiger charge is -2.12. The van der Waals surface area contributed by atoms with E-state index in [9.17, 15) is 0 Å². The van der Waals surface area contributed by atoms with Gasteiger partial charge in [0.25, 0.3) is 0 Å². The smallest absolute Gasteiger partial charge is 0.238 e. The Morgan fingerprint density at radius 1 is 0.392 bits per heavy atom. The zero-order valence-electron chi connectivity index (χ0n) is 27.2. The summed E-state index contributed by atoms with van der Waals surface area (Å²) in [4.78, 5) is 15.6. The van der Waals surface area contributed by atoms with Crippen LogP contribution in [0.15, 0.2) is 164 Å². The molecule has 11 aromatic rings. The molecule has 0 aliphatic heterocycles. The fourth-order valence-electron chi connectivity index (χ4n) is 7.83. The predicted octanol–water partition coefficient (Wildman–Crippen LogP) is 11.8. The fourth-order valence-corrected chi connectivity index (χ4v) is 9.09. The van der Waals surface area contributed by atoms with Crippen molar-refractivity contribution in [2.45, 2.75) is 0 Å². The van der Waals surface area contributed by atoms with Crippen LogP contribution in [0.3, 0.4) is 0 Å². The zero-order chi connectivity index (χ0) is 33.5. The number of rotatable bonds is 4. The molecule has 0 bridgehead atoms. The second-order valence-electron chi connectivity index (χ2n) is 12.8. The molecule has 0 saturated carbocycles. The Morgan fingerprint density at radius 2 is 0.863 bits per heavy atom. The summed E-state index contributed by atoms with van der Waals surface area (Å²) in [5.41, 5.74) is 7.52. The largest absolute Gasteiger partial charge is 0.308 e. The van der Waals surface area contributed by atoms with Crippen LogP contribution in [-0.2, 0) is 0 Å². The van der Waals surface area contributed by atoms with Crippen LogP contribution in [0.4, 0.5) is 0 Å². The topological polar surface area (TPSA) is 48.5 Å². The van der Waals surface area contributed by atoms with E-state index >= 15 is 0 Å². The lowest BCUT2D eigenvalue weighted by molar-refractivity contribution is 0.955. The van der Waals surface area contributed by atoms with Crippen molar-refractivity contribution in [3.8, 4) is 34.4 Å². The summed E-state index contributed by atoms with van der Waals surface area (Å²) in [6.45, 7) is 0. The quantitative estimate of drug-likeness (QED) is 0.187. The molecule has 0 saturated heterocycles. The number of fused-ring (bicyclic) bond motifs is 12. The summed E-state index contributed by atoms with van der Waals surface area (Å²) < 4.78 is 7.25. The van der Waals surface area contributed by atoms with Gasteiger partial charge in [-0.3, -0.25) is 4.57 Å². The van der Waals surface area contributed by atoms with Crippen molar-refractivity contribution >= 4 is 75.1 Å². The van der Waals surface area contributed by atoms with Gasteiger partial charge < -0.3 is 4.57 Å². The molecule has 5 nitrogen and oxygen atoms in total. The second kappa shape index (κ2) is 10.9. The summed E-state index contributed by atoms with van der Waals surface area (Å²) in [5, 5.41) is 7.28. The second-order valence-corrected chi connectivity index (χ2v) is 13.9. The van der Waals surface area contributed by atoms with Gasteiger partial charge in [-0.25, -0.2) is 4.98 Å². The minimum Gasteiger partial charge on any atom is -0.308 e. The van der Waals surface area contributed by atoms with Crippen molar-refractivity contribution in [3.05, 3.63) is 164 Å². The van der Waals surface area contributed by atoms with Crippen LogP contribution in [-0.4, -0.2) is 24.1 Å². The number of thiophene rings is 1. The van der Waals surface area contributed by atoms with Crippen LogP contribution in [0, 0.1) is 0 Å². The Labute approximate surface area is 296 Å². The predicted molar refractivity (Wildman–Crippen MR) is 212 cm³/mol. The third-order valence-electron chi connectivity index (χ3n) is 9.95. The minimum absolute atomic E-state index is 0.590. The third-order valence-corrected chi connectivity index (χ3v) is 11.1. The van der Waals surface area contributed by atoms with Crippen LogP contribution in [0.25, 0.3) is 98.2 Å². The molecule has 0 unspecified atom stereocenters. The third kappa shape index (κ3) is 4.11. The molecule has 0 fully saturated rings. The van der Waals surface area contributed by atoms with Crippen LogP contribution in [0.1, 0.15) is 0 Å². The summed E-state index contributed by atoms with van der Waals surface area (Å²) >= 11 is 1.86. The normalized spacial score (nSPS) is 11.9. The lowest BCUT2D eigenvalue weighted by atomic mass is 10.0. The molecule has 0 amide bonds. The summed E-state index contributed by atoms with van der Waals surface area (Å²) in [7, 11) is 0. The molecule has 6 heteroatoms. The van der Waals surface area contributed by atoms with E-state index in [2.05, 4.69) is 137 Å². The molecule has 0 radical (unpaired) electrons. The first-order valence-electron chi connectivity index (χ1n) is 17.1. The molecule has 0 spiro atoms. The maximum atomic E-state index is 5.28. The van der Waals surface area contributed by atoms with Gasteiger partial charge in [-0.15, -0.1) is 11.3 Å². The highest BCUT2D eigenvalue weighted by atomic mass is 32.1. The van der Waals surface area contributed by atoms with Crippen molar-refractivity contribution in [3.63, 3.8) is 0 Å². The van der Waals surface area contributed by atoms with Crippen LogP contribution < -0.4 is 0 Å². The van der Waals surface area contributed by atoms with Crippen molar-refractivity contribution in [2.75, 3.05) is 0 Å². The van der Waals surface area contributed by atoms with Crippen LogP contribution in [0.2, 0.25) is 0 Å². The van der Waals surface area contributed by atoms with Gasteiger partial charge in [0.1, 0.15) is 0 Å². The molecule has 0 atom stereocenters. The fraction of sp³-hybridized carbons (Fsp3) is 0. The van der Waals surface area contributed by atoms with E-state index in [-0.39, 0.29) is 0 Å². The summed E-state index contributed by atoms with van der Waals surface area (Å²) in [5.74, 6) is 1.86. The summed E-state index contributed by atoms with van der Waals surface area (Å²) in [6, 6.07) is 57.4. The average molecular weight is 670 g/mol. The van der Waals surface area contributed by atoms with Gasteiger partial charge in [0.15, 0.2) is 11.6 Å². The molecule has 51 heavy (non-hydrogen) atoms. The highest BCUT2D eigenvalue weighted by molar-refractivity contribution is 7.27. The van der Waals surface area contributed by atoms with E-state index in [4.69, 9.17) is 15.0 Å². The van der Waals surface area contributed by atoms with Gasteiger partial charge in [-0.2, -0.15) is 9.97 Å². The Morgan fingerprint density at radius 3 is 1.51 bits per heavy atom. The van der Waals surface area contributed by atoms with Crippen molar-refractivity contribution in [1.29, 1.82) is 0 Å². The molecule has 11 rings (SSSR count). The molecule has 4 heterocycles. The Bertz CT molecular complexity index is 3060. The first kappa shape index (κ1) is 28.2. The van der Waals surface area contributed by atoms with Gasteiger partial charge in [0.05, 0.1) is 22.1 Å². The summed E-state index contributed by atoms with van der Waals surface area (Å²) in [6.07, 6.45) is 0. The molecule has 4 aromatic heterocycles. The van der Waals surface area contributed by atoms with E-state index < -0.39 is 0 Å². The van der Waals surface area contributed by atoms with E-state index in [0.29, 0.717) is 17.6 Å². The van der Waals surface area contributed by atoms with Gasteiger partial charge in [0, 0.05) is 58.5 Å². The molecular weight excluding hydrogens is 643 g/mol. The van der Waals surface area contributed by atoms with E-state index in [1.165, 1.54) is 47.4 Å². The number of nitrogens with zero attached hydrogens (tertiary/aromatic N) is 5. The number of para-hydroxylation sites is 3. The van der Waals surface area contributed by atoms with Gasteiger partial charge in [-0.1, -0.05) is 133 Å². The Kier molecular flexibility index (Phi) is 6.05. The van der Waals surface area contributed by atoms with Crippen LogP contribution in [0.5, 0.6) is 0 Å². The molecule has 0 aliphatic rings. The van der Waals surface area contributed by atoms with E-state index in [1.54, 1.807) is 0 Å². The highest BCUT2D eigenvalue weighted by Crippen LogP contribution is 2.51. The number of aromatic nitrogens is 5. The molecule has 0 N–H and O–H groups in total. The standard InChI is InChI=1S/C45H27N5S/c1-4-16-28(17-5-1)43-46-44(29-18-6-2-7-19-29)48-45(47-43)50-35-26-14-10-22-31(35)37-40-38(42-39(41(37)50)33-24-12-15-27-36(33)51-42)32-23-11-13-25-34(32)49(40)30-20-8-3-9-21-30/h1-27H. The average Bonchev–Trinajstić information content (AvgIpc) is 3.87. The maximum Gasteiger partial charge on any atom is 0.238 e. The molecule has 0 aliphatic carbocycles. The molecule has 238 valence electrons. The lowest BCUT2D eigenvalue weighted by Crippen LogP contribution is -2.06. The van der Waals surface area contributed by atoms with E-state index in [1.807, 2.05) is 47.7 Å². The SMILES string of the molecule is c1ccc(-c2nc(-c3ccccc3)nc(-n3c4ccccc4c4c5c(c6ccccc6n5-c5ccccc5)c5sc6ccccc6c5c43)n2)cc1.